The number of rotatable bonds is 8. The van der Waals surface area contributed by atoms with Gasteiger partial charge in [-0.25, -0.2) is 0 Å². The molecule has 0 aliphatic carbocycles. The van der Waals surface area contributed by atoms with Crippen LogP contribution < -0.4 is 0 Å². The molecule has 0 spiro atoms. The Morgan fingerprint density at radius 1 is 1.29 bits per heavy atom. The summed E-state index contributed by atoms with van der Waals surface area (Å²) in [5.41, 5.74) is 2.32. The summed E-state index contributed by atoms with van der Waals surface area (Å²) in [6.45, 7) is 4.44. The van der Waals surface area contributed by atoms with Crippen molar-refractivity contribution in [2.45, 2.75) is 18.9 Å². The zero-order chi connectivity index (χ0) is 12.5. The summed E-state index contributed by atoms with van der Waals surface area (Å²) in [7, 11) is 2.69. The summed E-state index contributed by atoms with van der Waals surface area (Å²) in [5, 5.41) is 0. The van der Waals surface area contributed by atoms with Crippen molar-refractivity contribution in [1.82, 2.24) is 0 Å². The van der Waals surface area contributed by atoms with E-state index in [0.29, 0.717) is 6.61 Å². The third-order valence-corrected chi connectivity index (χ3v) is 3.76. The van der Waals surface area contributed by atoms with E-state index in [4.69, 9.17) is 13.9 Å². The minimum Gasteiger partial charge on any atom is -0.420 e. The quantitative estimate of drug-likeness (QED) is 0.402. The molecule has 0 bridgehead atoms. The summed E-state index contributed by atoms with van der Waals surface area (Å²) in [6, 6.07) is 8.99. The fraction of sp³-hybridized carbons (Fsp3) is 0.385. The molecule has 17 heavy (non-hydrogen) atoms. The van der Waals surface area contributed by atoms with E-state index < -0.39 is 9.76 Å². The average Bonchev–Trinajstić information content (AvgIpc) is 2.39. The van der Waals surface area contributed by atoms with E-state index in [1.165, 1.54) is 5.56 Å². The molecule has 0 fully saturated rings. The maximum absolute atomic E-state index is 5.73. The molecule has 1 aromatic rings. The summed E-state index contributed by atoms with van der Waals surface area (Å²) < 4.78 is 16.0. The normalized spacial score (nSPS) is 11.5. The molecule has 0 radical (unpaired) electrons. The monoisotopic (exact) mass is 252 g/mol. The molecule has 0 amide bonds. The van der Waals surface area contributed by atoms with Gasteiger partial charge in [0.1, 0.15) is 0 Å². The first-order valence-electron chi connectivity index (χ1n) is 5.65. The molecule has 0 aromatic heterocycles. The van der Waals surface area contributed by atoms with Gasteiger partial charge < -0.3 is 13.9 Å². The van der Waals surface area contributed by atoms with Gasteiger partial charge in [0.2, 0.25) is 0 Å². The highest BCUT2D eigenvalue weighted by Gasteiger charge is 2.05. The van der Waals surface area contributed by atoms with Crippen LogP contribution in [0, 0.1) is 0 Å². The van der Waals surface area contributed by atoms with Gasteiger partial charge in [-0.05, 0) is 11.1 Å². The molecule has 0 atom stereocenters. The second kappa shape index (κ2) is 8.19. The third-order valence-electron chi connectivity index (χ3n) is 2.56. The van der Waals surface area contributed by atoms with Crippen molar-refractivity contribution in [1.29, 1.82) is 0 Å². The van der Waals surface area contributed by atoms with Crippen LogP contribution in [0.1, 0.15) is 11.1 Å². The molecule has 0 heterocycles. The van der Waals surface area contributed by atoms with E-state index in [2.05, 4.69) is 12.6 Å². The largest absolute Gasteiger partial charge is 0.420 e. The third kappa shape index (κ3) is 4.83. The van der Waals surface area contributed by atoms with E-state index in [9.17, 15) is 0 Å². The predicted molar refractivity (Wildman–Crippen MR) is 72.5 cm³/mol. The Bertz CT molecular complexity index is 337. The fourth-order valence-corrected chi connectivity index (χ4v) is 2.75. The lowest BCUT2D eigenvalue weighted by Gasteiger charge is -2.13. The van der Waals surface area contributed by atoms with E-state index in [-0.39, 0.29) is 6.29 Å². The van der Waals surface area contributed by atoms with Crippen molar-refractivity contribution in [2.75, 3.05) is 14.2 Å². The van der Waals surface area contributed by atoms with E-state index in [1.807, 2.05) is 24.3 Å². The number of ether oxygens (including phenoxy) is 2. The summed E-state index contributed by atoms with van der Waals surface area (Å²) in [6.07, 6.45) is 1.73. The maximum Gasteiger partial charge on any atom is 0.167 e. The molecule has 4 heteroatoms. The van der Waals surface area contributed by atoms with Crippen LogP contribution in [-0.2, 0) is 20.5 Å². The van der Waals surface area contributed by atoms with Crippen molar-refractivity contribution in [3.05, 3.63) is 42.0 Å². The fourth-order valence-electron chi connectivity index (χ4n) is 1.56. The lowest BCUT2D eigenvalue weighted by molar-refractivity contribution is -0.0888. The van der Waals surface area contributed by atoms with Gasteiger partial charge in [-0.2, -0.15) is 0 Å². The molecule has 0 unspecified atom stereocenters. The minimum absolute atomic E-state index is 0.128. The lowest BCUT2D eigenvalue weighted by Crippen LogP contribution is -2.16. The lowest BCUT2D eigenvalue weighted by atomic mass is 10.1. The Labute approximate surface area is 105 Å². The molecule has 0 aliphatic rings. The molecule has 1 aromatic carbocycles. The van der Waals surface area contributed by atoms with Gasteiger partial charge in [-0.15, -0.1) is 0 Å². The van der Waals surface area contributed by atoms with Gasteiger partial charge >= 0.3 is 0 Å². The molecule has 0 saturated carbocycles. The minimum atomic E-state index is -0.610. The number of hydrogen-bond donors (Lipinski definition) is 0. The standard InChI is InChI=1S/C13H20O3Si/c1-4-11-7-5-6-8-12(11)9-16-17-10-13(14-2)15-3/h4-8,13H,1,9-10,17H2,2-3H3. The molecule has 3 nitrogen and oxygen atoms in total. The highest BCUT2D eigenvalue weighted by molar-refractivity contribution is 6.27. The zero-order valence-electron chi connectivity index (χ0n) is 10.5. The van der Waals surface area contributed by atoms with Crippen molar-refractivity contribution >= 4 is 15.8 Å². The molecule has 0 aliphatic heterocycles. The van der Waals surface area contributed by atoms with E-state index in [0.717, 1.165) is 11.6 Å². The molecule has 0 saturated heterocycles. The van der Waals surface area contributed by atoms with Gasteiger partial charge in [-0.1, -0.05) is 36.9 Å². The Balaban J connectivity index is 2.33. The number of hydrogen-bond acceptors (Lipinski definition) is 3. The van der Waals surface area contributed by atoms with Gasteiger partial charge in [0.05, 0.1) is 6.61 Å². The Hall–Kier alpha value is -0.943. The first-order chi connectivity index (χ1) is 8.31. The SMILES string of the molecule is C=Cc1ccccc1CO[SiH2]CC(OC)OC. The van der Waals surface area contributed by atoms with Gasteiger partial charge in [0.15, 0.2) is 16.1 Å². The highest BCUT2D eigenvalue weighted by atomic mass is 28.2. The summed E-state index contributed by atoms with van der Waals surface area (Å²) in [5.74, 6) is 0. The molecule has 1 rings (SSSR count). The van der Waals surface area contributed by atoms with Crippen LogP contribution in [-0.4, -0.2) is 30.3 Å². The number of methoxy groups -OCH3 is 2. The van der Waals surface area contributed by atoms with Crippen molar-refractivity contribution in [2.24, 2.45) is 0 Å². The van der Waals surface area contributed by atoms with Crippen LogP contribution in [0.2, 0.25) is 6.04 Å². The Morgan fingerprint density at radius 2 is 2.00 bits per heavy atom. The van der Waals surface area contributed by atoms with Gasteiger partial charge in [0.25, 0.3) is 0 Å². The zero-order valence-corrected chi connectivity index (χ0v) is 11.9. The van der Waals surface area contributed by atoms with Crippen LogP contribution in [0.15, 0.2) is 30.8 Å². The summed E-state index contributed by atoms with van der Waals surface area (Å²) in [4.78, 5) is 0. The summed E-state index contributed by atoms with van der Waals surface area (Å²) >= 11 is 0. The van der Waals surface area contributed by atoms with E-state index >= 15 is 0 Å². The predicted octanol–water partition coefficient (Wildman–Crippen LogP) is 1.97. The molecular formula is C13H20O3Si. The number of benzene rings is 1. The van der Waals surface area contributed by atoms with Crippen molar-refractivity contribution in [3.63, 3.8) is 0 Å². The van der Waals surface area contributed by atoms with Crippen LogP contribution >= 0.6 is 0 Å². The highest BCUT2D eigenvalue weighted by Crippen LogP contribution is 2.11. The maximum atomic E-state index is 5.73. The van der Waals surface area contributed by atoms with Crippen LogP contribution in [0.25, 0.3) is 6.08 Å². The van der Waals surface area contributed by atoms with Crippen molar-refractivity contribution in [3.8, 4) is 0 Å². The first-order valence-corrected chi connectivity index (χ1v) is 7.23. The van der Waals surface area contributed by atoms with Crippen LogP contribution in [0.3, 0.4) is 0 Å². The molecule has 0 N–H and O–H groups in total. The first kappa shape index (κ1) is 14.1. The second-order valence-corrected chi connectivity index (χ2v) is 5.04. The van der Waals surface area contributed by atoms with Gasteiger partial charge in [-0.3, -0.25) is 0 Å². The Kier molecular flexibility index (Phi) is 6.80. The van der Waals surface area contributed by atoms with E-state index in [1.54, 1.807) is 14.2 Å². The van der Waals surface area contributed by atoms with Gasteiger partial charge in [0, 0.05) is 20.3 Å². The van der Waals surface area contributed by atoms with Crippen LogP contribution in [0.5, 0.6) is 0 Å². The van der Waals surface area contributed by atoms with Crippen molar-refractivity contribution < 1.29 is 13.9 Å². The second-order valence-electron chi connectivity index (χ2n) is 3.65. The topological polar surface area (TPSA) is 27.7 Å². The smallest absolute Gasteiger partial charge is 0.167 e. The average molecular weight is 252 g/mol. The molecular weight excluding hydrogens is 232 g/mol. The molecule has 94 valence electrons. The Morgan fingerprint density at radius 3 is 2.65 bits per heavy atom. The van der Waals surface area contributed by atoms with Crippen LogP contribution in [0.4, 0.5) is 0 Å².